The SMILES string of the molecule is C=CCn1c(=O)c2cnc(Nc3ccc(N4CCN(C5CCC(C6CCC(CC(=O)N[C@H](C(=O)N7C[C@H](O)C[C@H]7C(=O)NCc7ccc(-c8scnc8C)cc7)C(C)(C)C)CC6)CC5)CC4)cc3)nc2n1-c1cccc(C(C)(C)O)n1. The van der Waals surface area contributed by atoms with Crippen molar-refractivity contribution in [1.82, 2.24) is 49.7 Å². The summed E-state index contributed by atoms with van der Waals surface area (Å²) in [5.74, 6) is 1.68. The first kappa shape index (κ1) is 57.4. The maximum atomic E-state index is 14.3. The van der Waals surface area contributed by atoms with Gasteiger partial charge < -0.3 is 36.0 Å². The van der Waals surface area contributed by atoms with E-state index in [1.54, 1.807) is 54.1 Å². The van der Waals surface area contributed by atoms with Crippen LogP contribution in [0.1, 0.15) is 116 Å². The molecule has 0 radical (unpaired) electrons. The Hall–Kier alpha value is -6.80. The number of aromatic nitrogens is 6. The zero-order chi connectivity index (χ0) is 57.2. The smallest absolute Gasteiger partial charge is 0.278 e. The lowest BCUT2D eigenvalue weighted by Gasteiger charge is -2.44. The van der Waals surface area contributed by atoms with Crippen molar-refractivity contribution in [3.63, 3.8) is 0 Å². The van der Waals surface area contributed by atoms with E-state index in [1.807, 2.05) is 69.6 Å². The number of β-amino-alcohol motifs (C(OH)–C–C–N with tert-alkyl or cyclic N) is 1. The van der Waals surface area contributed by atoms with Gasteiger partial charge in [-0.1, -0.05) is 57.2 Å². The normalized spacial score (nSPS) is 22.4. The molecule has 81 heavy (non-hydrogen) atoms. The molecule has 10 rings (SSSR count). The fraction of sp³-hybridized carbons (Fsp3) is 0.516. The number of thiazole rings is 1. The van der Waals surface area contributed by atoms with E-state index in [0.29, 0.717) is 53.4 Å². The van der Waals surface area contributed by atoms with Crippen LogP contribution in [-0.4, -0.2) is 124 Å². The maximum Gasteiger partial charge on any atom is 0.278 e. The number of aliphatic hydroxyl groups is 2. The highest BCUT2D eigenvalue weighted by molar-refractivity contribution is 7.13. The highest BCUT2D eigenvalue weighted by Crippen LogP contribution is 2.42. The fourth-order valence-corrected chi connectivity index (χ4v) is 13.6. The van der Waals surface area contributed by atoms with E-state index in [0.717, 1.165) is 85.2 Å². The number of rotatable bonds is 17. The number of hydrogen-bond donors (Lipinski definition) is 5. The highest BCUT2D eigenvalue weighted by atomic mass is 32.1. The molecule has 5 N–H and O–H groups in total. The van der Waals surface area contributed by atoms with Gasteiger partial charge in [0, 0.05) is 75.7 Å². The van der Waals surface area contributed by atoms with Crippen LogP contribution in [0.3, 0.4) is 0 Å². The van der Waals surface area contributed by atoms with E-state index in [4.69, 9.17) is 4.98 Å². The van der Waals surface area contributed by atoms with Gasteiger partial charge in [0.05, 0.1) is 34.4 Å². The minimum absolute atomic E-state index is 0.0437. The Kier molecular flexibility index (Phi) is 17.3. The molecular formula is C62H80N12O6S. The van der Waals surface area contributed by atoms with Gasteiger partial charge in [-0.05, 0) is 143 Å². The number of fused-ring (bicyclic) bond motifs is 1. The van der Waals surface area contributed by atoms with Crippen molar-refractivity contribution in [2.75, 3.05) is 42.9 Å². The number of pyridine rings is 1. The molecule has 2 aliphatic heterocycles. The number of aliphatic hydroxyl groups excluding tert-OH is 1. The van der Waals surface area contributed by atoms with Gasteiger partial charge in [-0.2, -0.15) is 4.98 Å². The number of carbonyl (C=O) groups is 3. The summed E-state index contributed by atoms with van der Waals surface area (Å²) in [5, 5.41) is 31.2. The third kappa shape index (κ3) is 13.1. The molecule has 3 amide bonds. The lowest BCUT2D eigenvalue weighted by molar-refractivity contribution is -0.144. The summed E-state index contributed by atoms with van der Waals surface area (Å²) in [5.41, 5.74) is 5.60. The summed E-state index contributed by atoms with van der Waals surface area (Å²) in [4.78, 5) is 81.2. The molecular weight excluding hydrogens is 1040 g/mol. The molecule has 18 nitrogen and oxygen atoms in total. The van der Waals surface area contributed by atoms with Gasteiger partial charge in [-0.15, -0.1) is 17.9 Å². The first-order valence-electron chi connectivity index (χ1n) is 29.0. The molecule has 4 fully saturated rings. The average Bonchev–Trinajstić information content (AvgIpc) is 4.01. The van der Waals surface area contributed by atoms with Gasteiger partial charge in [-0.3, -0.25) is 24.1 Å². The van der Waals surface area contributed by atoms with Crippen LogP contribution >= 0.6 is 11.3 Å². The molecule has 2 aromatic carbocycles. The number of allylic oxidation sites excluding steroid dienone is 1. The number of anilines is 3. The Balaban J connectivity index is 0.656. The van der Waals surface area contributed by atoms with Crippen LogP contribution in [-0.2, 0) is 33.1 Å². The van der Waals surface area contributed by atoms with Gasteiger partial charge in [0.2, 0.25) is 23.7 Å². The summed E-state index contributed by atoms with van der Waals surface area (Å²) in [6.07, 6.45) is 12.1. The second-order valence-electron chi connectivity index (χ2n) is 24.6. The van der Waals surface area contributed by atoms with Gasteiger partial charge in [0.25, 0.3) is 5.56 Å². The van der Waals surface area contributed by atoms with E-state index in [9.17, 15) is 29.4 Å². The van der Waals surface area contributed by atoms with Crippen molar-refractivity contribution >= 4 is 57.4 Å². The fourth-order valence-electron chi connectivity index (χ4n) is 12.8. The second kappa shape index (κ2) is 24.3. The standard InChI is InChI=1S/C62H80N12O6S/c1-8-28-73-58(78)49-36-64-60(69-56(49)74(73)52-11-9-10-51(67-52)62(6,7)80)66-45-22-26-47(27-23-45)71-31-29-70(30-32-71)46-24-20-43(21-25-46)42-16-12-40(13-17-42)33-53(76)68-55(61(3,4)5)59(79)72-37-48(75)34-50(72)57(77)63-35-41-14-18-44(19-15-41)54-39(2)65-38-81-54/h8-11,14-15,18-19,22-23,26-27,36,38,40,42-43,46,48,50,55,75,80H,1,12-13,16-17,20-21,24-25,28-35,37H2,2-7H3,(H,63,77)(H,68,76)(H,64,66,69)/t40?,42?,43?,46?,48-,50+,55-/m1/s1. The van der Waals surface area contributed by atoms with E-state index in [2.05, 4.69) is 59.4 Å². The minimum atomic E-state index is -1.18. The summed E-state index contributed by atoms with van der Waals surface area (Å²) >= 11 is 1.59. The van der Waals surface area contributed by atoms with Gasteiger partial charge in [0.1, 0.15) is 23.1 Å². The first-order valence-corrected chi connectivity index (χ1v) is 29.9. The third-order valence-corrected chi connectivity index (χ3v) is 18.3. The molecule has 430 valence electrons. The Morgan fingerprint density at radius 1 is 0.864 bits per heavy atom. The summed E-state index contributed by atoms with van der Waals surface area (Å²) in [6.45, 7) is 19.5. The monoisotopic (exact) mass is 1120 g/mol. The first-order chi connectivity index (χ1) is 38.8. The number of carbonyl (C=O) groups excluding carboxylic acids is 3. The van der Waals surface area contributed by atoms with Crippen LogP contribution < -0.4 is 26.4 Å². The van der Waals surface area contributed by atoms with Crippen LogP contribution in [0.5, 0.6) is 0 Å². The number of benzene rings is 2. The summed E-state index contributed by atoms with van der Waals surface area (Å²) in [6, 6.07) is 20.6. The molecule has 6 aromatic rings. The van der Waals surface area contributed by atoms with Crippen LogP contribution in [0.4, 0.5) is 17.3 Å². The largest absolute Gasteiger partial charge is 0.391 e. The zero-order valence-electron chi connectivity index (χ0n) is 47.8. The predicted octanol–water partition coefficient (Wildman–Crippen LogP) is 8.25. The van der Waals surface area contributed by atoms with Crippen LogP contribution in [0.15, 0.2) is 95.9 Å². The molecule has 6 heterocycles. The van der Waals surface area contributed by atoms with Crippen LogP contribution in [0, 0.1) is 30.1 Å². The predicted molar refractivity (Wildman–Crippen MR) is 317 cm³/mol. The van der Waals surface area contributed by atoms with Crippen LogP contribution in [0.2, 0.25) is 0 Å². The number of amides is 3. The topological polar surface area (TPSA) is 216 Å². The second-order valence-corrected chi connectivity index (χ2v) is 25.4. The molecule has 0 bridgehead atoms. The van der Waals surface area contributed by atoms with Crippen LogP contribution in [0.25, 0.3) is 27.3 Å². The molecule has 2 saturated carbocycles. The number of nitrogens with zero attached hydrogens (tertiary/aromatic N) is 9. The zero-order valence-corrected chi connectivity index (χ0v) is 48.6. The van der Waals surface area contributed by atoms with E-state index in [1.165, 1.54) is 47.1 Å². The summed E-state index contributed by atoms with van der Waals surface area (Å²) in [7, 11) is 0. The number of likely N-dealkylation sites (tertiary alicyclic amines) is 1. The van der Waals surface area contributed by atoms with Crippen molar-refractivity contribution in [1.29, 1.82) is 0 Å². The number of piperazine rings is 1. The number of aryl methyl sites for hydroxylation is 1. The van der Waals surface area contributed by atoms with E-state index >= 15 is 0 Å². The Morgan fingerprint density at radius 2 is 1.56 bits per heavy atom. The van der Waals surface area contributed by atoms with Crippen molar-refractivity contribution < 1.29 is 24.6 Å². The van der Waals surface area contributed by atoms with Gasteiger partial charge >= 0.3 is 0 Å². The van der Waals surface area contributed by atoms with E-state index < -0.39 is 29.2 Å². The van der Waals surface area contributed by atoms with Crippen molar-refractivity contribution in [3.8, 4) is 16.3 Å². The summed E-state index contributed by atoms with van der Waals surface area (Å²) < 4.78 is 3.17. The minimum Gasteiger partial charge on any atom is -0.391 e. The van der Waals surface area contributed by atoms with Gasteiger partial charge in [0.15, 0.2) is 11.5 Å². The van der Waals surface area contributed by atoms with Crippen molar-refractivity contribution in [2.45, 2.75) is 149 Å². The molecule has 0 spiro atoms. The molecule has 3 atom stereocenters. The molecule has 4 aliphatic rings. The number of hydrogen-bond acceptors (Lipinski definition) is 14. The maximum absolute atomic E-state index is 14.3. The average molecular weight is 1120 g/mol. The Morgan fingerprint density at radius 3 is 2.20 bits per heavy atom. The third-order valence-electron chi connectivity index (χ3n) is 17.4. The van der Waals surface area contributed by atoms with Gasteiger partial charge in [-0.25, -0.2) is 24.3 Å². The highest BCUT2D eigenvalue weighted by Gasteiger charge is 2.45. The Labute approximate surface area is 479 Å². The lowest BCUT2D eigenvalue weighted by atomic mass is 9.69. The lowest BCUT2D eigenvalue weighted by Crippen LogP contribution is -2.57. The van der Waals surface area contributed by atoms with Crippen molar-refractivity contribution in [2.24, 2.45) is 23.2 Å². The molecule has 0 unspecified atom stereocenters. The quantitative estimate of drug-likeness (QED) is 0.0545. The molecule has 2 saturated heterocycles. The molecule has 4 aromatic heterocycles. The van der Waals surface area contributed by atoms with Crippen molar-refractivity contribution in [3.05, 3.63) is 118 Å². The Bertz CT molecular complexity index is 3250. The van der Waals surface area contributed by atoms with E-state index in [-0.39, 0.29) is 48.7 Å². The molecule has 2 aliphatic carbocycles. The molecule has 19 heteroatoms. The number of nitrogens with one attached hydrogen (secondary N) is 3.